The summed E-state index contributed by atoms with van der Waals surface area (Å²) in [5, 5.41) is 38.1. The summed E-state index contributed by atoms with van der Waals surface area (Å²) in [5.74, 6) is -0.0878. The molecule has 1 aliphatic heterocycles. The Morgan fingerprint density at radius 3 is 2.56 bits per heavy atom. The molecule has 1 aliphatic rings. The van der Waals surface area contributed by atoms with Gasteiger partial charge in [-0.3, -0.25) is 14.9 Å². The highest BCUT2D eigenvalue weighted by atomic mass is 16.6. The number of nitro benzene ring substituents is 1. The topological polar surface area (TPSA) is 151 Å². The van der Waals surface area contributed by atoms with E-state index in [1.807, 2.05) is 32.9 Å². The van der Waals surface area contributed by atoms with Gasteiger partial charge in [-0.1, -0.05) is 6.08 Å². The van der Waals surface area contributed by atoms with E-state index < -0.39 is 16.4 Å². The molecule has 2 aromatic carbocycles. The molecule has 1 N–H and O–H groups in total. The number of methoxy groups -OCH3 is 2. The highest BCUT2D eigenvalue weighted by Gasteiger charge is 2.35. The van der Waals surface area contributed by atoms with Crippen LogP contribution in [0.5, 0.6) is 11.5 Å². The predicted molar refractivity (Wildman–Crippen MR) is 133 cm³/mol. The predicted octanol–water partition coefficient (Wildman–Crippen LogP) is 5.77. The number of ether oxygens (including phenoxy) is 2. The van der Waals surface area contributed by atoms with Crippen LogP contribution in [0.15, 0.2) is 40.6 Å². The summed E-state index contributed by atoms with van der Waals surface area (Å²) < 4.78 is 11.4. The molecule has 0 unspecified atom stereocenters. The molecule has 0 spiro atoms. The first kappa shape index (κ1) is 26.2. The average molecular weight is 494 g/mol. The van der Waals surface area contributed by atoms with Gasteiger partial charge in [0.1, 0.15) is 11.8 Å². The highest BCUT2D eigenvalue weighted by Crippen LogP contribution is 2.52. The molecule has 0 saturated carbocycles. The molecule has 11 nitrogen and oxygen atoms in total. The molecule has 36 heavy (non-hydrogen) atoms. The number of nitrogens with zero attached hydrogens (tertiary/aromatic N) is 5. The lowest BCUT2D eigenvalue weighted by atomic mass is 9.87. The number of rotatable bonds is 9. The number of carboxylic acid groups (broad SMARTS) is 1. The Balaban J connectivity index is 2.15. The number of azo groups is 1. The lowest BCUT2D eigenvalue weighted by Gasteiger charge is -2.44. The fourth-order valence-corrected chi connectivity index (χ4v) is 4.36. The summed E-state index contributed by atoms with van der Waals surface area (Å²) in [6.07, 6.45) is 2.58. The zero-order chi connectivity index (χ0) is 26.6. The minimum Gasteiger partial charge on any atom is -0.494 e. The highest BCUT2D eigenvalue weighted by molar-refractivity contribution is 5.90. The molecule has 2 aromatic rings. The van der Waals surface area contributed by atoms with Crippen molar-refractivity contribution in [3.63, 3.8) is 0 Å². The molecule has 0 amide bonds. The van der Waals surface area contributed by atoms with Crippen LogP contribution >= 0.6 is 0 Å². The van der Waals surface area contributed by atoms with Crippen molar-refractivity contribution < 1.29 is 24.3 Å². The Morgan fingerprint density at radius 1 is 1.25 bits per heavy atom. The Bertz CT molecular complexity index is 1310. The number of carbonyl (C=O) groups is 1. The molecular weight excluding hydrogens is 466 g/mol. The van der Waals surface area contributed by atoms with Gasteiger partial charge in [0.2, 0.25) is 0 Å². The van der Waals surface area contributed by atoms with Crippen molar-refractivity contribution in [1.82, 2.24) is 0 Å². The second kappa shape index (κ2) is 10.4. The molecule has 0 aliphatic carbocycles. The van der Waals surface area contributed by atoms with E-state index in [-0.39, 0.29) is 23.4 Å². The van der Waals surface area contributed by atoms with E-state index in [0.29, 0.717) is 30.2 Å². The molecule has 0 radical (unpaired) electrons. The van der Waals surface area contributed by atoms with E-state index in [4.69, 9.17) is 14.6 Å². The second-order valence-corrected chi connectivity index (χ2v) is 8.76. The number of benzene rings is 2. The van der Waals surface area contributed by atoms with Crippen LogP contribution in [-0.2, 0) is 4.79 Å². The monoisotopic (exact) mass is 493 g/mol. The van der Waals surface area contributed by atoms with Gasteiger partial charge in [-0.25, -0.2) is 0 Å². The number of carboxylic acids is 1. The first-order chi connectivity index (χ1) is 17.0. The van der Waals surface area contributed by atoms with Gasteiger partial charge in [0.25, 0.3) is 5.69 Å². The lowest BCUT2D eigenvalue weighted by molar-refractivity contribution is -0.384. The van der Waals surface area contributed by atoms with Crippen molar-refractivity contribution in [3.8, 4) is 17.6 Å². The Kier molecular flexibility index (Phi) is 7.58. The second-order valence-electron chi connectivity index (χ2n) is 8.76. The minimum atomic E-state index is -0.856. The van der Waals surface area contributed by atoms with Crippen molar-refractivity contribution in [2.45, 2.75) is 39.2 Å². The molecule has 0 saturated heterocycles. The van der Waals surface area contributed by atoms with Crippen molar-refractivity contribution in [2.24, 2.45) is 10.2 Å². The van der Waals surface area contributed by atoms with Crippen LogP contribution in [0.1, 0.15) is 44.7 Å². The van der Waals surface area contributed by atoms with Gasteiger partial charge in [-0.15, -0.1) is 10.2 Å². The van der Waals surface area contributed by atoms with E-state index in [0.717, 1.165) is 22.9 Å². The van der Waals surface area contributed by atoms with Gasteiger partial charge in [0.15, 0.2) is 17.2 Å². The van der Waals surface area contributed by atoms with Gasteiger partial charge in [0.05, 0.1) is 35.9 Å². The van der Waals surface area contributed by atoms with Gasteiger partial charge < -0.3 is 19.5 Å². The average Bonchev–Trinajstić information content (AvgIpc) is 2.82. The molecule has 1 heterocycles. The van der Waals surface area contributed by atoms with Crippen LogP contribution in [0.2, 0.25) is 0 Å². The summed E-state index contributed by atoms with van der Waals surface area (Å²) >= 11 is 0. The summed E-state index contributed by atoms with van der Waals surface area (Å²) in [5.41, 5.74) is 2.36. The van der Waals surface area contributed by atoms with Crippen molar-refractivity contribution in [2.75, 3.05) is 25.7 Å². The fraction of sp³-hybridized carbons (Fsp3) is 0.360. The molecule has 188 valence electrons. The third kappa shape index (κ3) is 5.12. The first-order valence-electron chi connectivity index (χ1n) is 11.1. The SMILES string of the molecule is COc1cc2c(c(OC)c1/N=N/c1ccc([N+](=O)[O-])cc1C#N)C(C)=CC(C)(C)N2CCCC(=O)O. The van der Waals surface area contributed by atoms with E-state index in [2.05, 4.69) is 21.2 Å². The maximum absolute atomic E-state index is 11.1. The largest absolute Gasteiger partial charge is 0.494 e. The van der Waals surface area contributed by atoms with E-state index in [1.54, 1.807) is 0 Å². The molecule has 0 fully saturated rings. The van der Waals surface area contributed by atoms with Gasteiger partial charge >= 0.3 is 5.97 Å². The van der Waals surface area contributed by atoms with Gasteiger partial charge in [0, 0.05) is 36.7 Å². The van der Waals surface area contributed by atoms with Gasteiger partial charge in [-0.2, -0.15) is 5.26 Å². The van der Waals surface area contributed by atoms with Crippen LogP contribution in [0.25, 0.3) is 5.57 Å². The number of anilines is 1. The van der Waals surface area contributed by atoms with Crippen LogP contribution in [0.3, 0.4) is 0 Å². The standard InChI is InChI=1S/C25H27N5O6/c1-15-13-25(2,3)29(10-6-7-21(31)32)19-12-20(35-4)23(24(36-5)22(15)19)28-27-18-9-8-17(30(33)34)11-16(18)14-26/h8-9,11-13H,6-7,10H2,1-5H3,(H,31,32)/b28-27+. The maximum atomic E-state index is 11.1. The maximum Gasteiger partial charge on any atom is 0.303 e. The Hall–Kier alpha value is -4.46. The van der Waals surface area contributed by atoms with Crippen LogP contribution < -0.4 is 14.4 Å². The summed E-state index contributed by atoms with van der Waals surface area (Å²) in [6, 6.07) is 7.46. The summed E-state index contributed by atoms with van der Waals surface area (Å²) in [4.78, 5) is 23.6. The number of fused-ring (bicyclic) bond motifs is 1. The van der Waals surface area contributed by atoms with E-state index in [1.165, 1.54) is 26.4 Å². The zero-order valence-corrected chi connectivity index (χ0v) is 20.7. The molecule has 0 aromatic heterocycles. The van der Waals surface area contributed by atoms with Crippen LogP contribution in [0.4, 0.5) is 22.7 Å². The molecule has 3 rings (SSSR count). The van der Waals surface area contributed by atoms with Gasteiger partial charge in [-0.05, 0) is 38.8 Å². The molecule has 0 atom stereocenters. The Labute approximate surface area is 208 Å². The number of nitro groups is 1. The first-order valence-corrected chi connectivity index (χ1v) is 11.1. The molecular formula is C25H27N5O6. The number of aliphatic carboxylic acids is 1. The molecule has 0 bridgehead atoms. The zero-order valence-electron chi connectivity index (χ0n) is 20.7. The van der Waals surface area contributed by atoms with Crippen molar-refractivity contribution in [1.29, 1.82) is 5.26 Å². The normalized spacial score (nSPS) is 14.1. The third-order valence-corrected chi connectivity index (χ3v) is 5.92. The van der Waals surface area contributed by atoms with Crippen LogP contribution in [-0.4, -0.2) is 42.3 Å². The number of hydrogen-bond donors (Lipinski definition) is 1. The van der Waals surface area contributed by atoms with Crippen molar-refractivity contribution in [3.05, 3.63) is 51.6 Å². The number of hydrogen-bond acceptors (Lipinski definition) is 9. The van der Waals surface area contributed by atoms with E-state index >= 15 is 0 Å². The number of non-ortho nitro benzene ring substituents is 1. The third-order valence-electron chi connectivity index (χ3n) is 5.92. The quantitative estimate of drug-likeness (QED) is 0.263. The summed E-state index contributed by atoms with van der Waals surface area (Å²) in [7, 11) is 2.99. The minimum absolute atomic E-state index is 0.00581. The number of allylic oxidation sites excluding steroid dienone is 1. The lowest BCUT2D eigenvalue weighted by Crippen LogP contribution is -2.45. The molecule has 11 heteroatoms. The summed E-state index contributed by atoms with van der Waals surface area (Å²) in [6.45, 7) is 6.54. The van der Waals surface area contributed by atoms with E-state index in [9.17, 15) is 20.2 Å². The Morgan fingerprint density at radius 2 is 1.97 bits per heavy atom. The smallest absolute Gasteiger partial charge is 0.303 e. The van der Waals surface area contributed by atoms with Crippen LogP contribution in [0, 0.1) is 21.4 Å². The number of nitriles is 1. The van der Waals surface area contributed by atoms with Crippen molar-refractivity contribution >= 4 is 34.3 Å². The fourth-order valence-electron chi connectivity index (χ4n) is 4.36.